The van der Waals surface area contributed by atoms with Gasteiger partial charge in [0.25, 0.3) is 0 Å². The summed E-state index contributed by atoms with van der Waals surface area (Å²) >= 11 is 0. The van der Waals surface area contributed by atoms with E-state index in [0.717, 1.165) is 43.0 Å². The minimum absolute atomic E-state index is 0.116. The molecule has 6 heteroatoms. The van der Waals surface area contributed by atoms with Crippen molar-refractivity contribution in [3.63, 3.8) is 0 Å². The van der Waals surface area contributed by atoms with Crippen LogP contribution >= 0.6 is 0 Å². The lowest BCUT2D eigenvalue weighted by molar-refractivity contribution is -0.114. The number of aromatic nitrogens is 3. The zero-order chi connectivity index (χ0) is 18.8. The van der Waals surface area contributed by atoms with Gasteiger partial charge in [-0.2, -0.15) is 0 Å². The summed E-state index contributed by atoms with van der Waals surface area (Å²) < 4.78 is 1.91. The smallest absolute Gasteiger partial charge is 0.222 e. The predicted molar refractivity (Wildman–Crippen MR) is 106 cm³/mol. The lowest BCUT2D eigenvalue weighted by atomic mass is 9.94. The standard InChI is InChI=1S/C21H25N5O/c1-15-20(23-16(2)27)24-26-19(10-11-22-21(15)26)18-9-6-12-25(14-18)13-17-7-4-3-5-8-17/h3-5,7-8,10-11,18H,6,9,12-14H2,1-2H3,(H,23,24,27). The molecule has 1 atom stereocenters. The lowest BCUT2D eigenvalue weighted by Crippen LogP contribution is -2.34. The van der Waals surface area contributed by atoms with Crippen molar-refractivity contribution in [1.82, 2.24) is 19.5 Å². The maximum atomic E-state index is 11.5. The van der Waals surface area contributed by atoms with Gasteiger partial charge in [0.2, 0.25) is 5.91 Å². The summed E-state index contributed by atoms with van der Waals surface area (Å²) in [6, 6.07) is 12.7. The number of hydrogen-bond donors (Lipinski definition) is 1. The third-order valence-corrected chi connectivity index (χ3v) is 5.25. The van der Waals surface area contributed by atoms with Gasteiger partial charge in [-0.05, 0) is 37.9 Å². The summed E-state index contributed by atoms with van der Waals surface area (Å²) in [5.74, 6) is 0.881. The molecule has 4 rings (SSSR count). The Bertz CT molecular complexity index is 950. The zero-order valence-electron chi connectivity index (χ0n) is 15.9. The molecule has 1 aliphatic rings. The summed E-state index contributed by atoms with van der Waals surface area (Å²) in [6.07, 6.45) is 4.16. The fourth-order valence-electron chi connectivity index (χ4n) is 3.95. The summed E-state index contributed by atoms with van der Waals surface area (Å²) in [5.41, 5.74) is 4.24. The number of nitrogens with one attached hydrogen (secondary N) is 1. The molecule has 1 amide bonds. The highest BCUT2D eigenvalue weighted by molar-refractivity contribution is 5.89. The number of carbonyl (C=O) groups is 1. The molecule has 1 fully saturated rings. The molecule has 3 aromatic rings. The Morgan fingerprint density at radius 2 is 2.07 bits per heavy atom. The van der Waals surface area contributed by atoms with E-state index in [1.54, 1.807) is 0 Å². The van der Waals surface area contributed by atoms with E-state index in [1.807, 2.05) is 17.6 Å². The fraction of sp³-hybridized carbons (Fsp3) is 0.381. The molecular weight excluding hydrogens is 338 g/mol. The molecule has 1 saturated heterocycles. The van der Waals surface area contributed by atoms with Gasteiger partial charge in [0.15, 0.2) is 11.5 Å². The van der Waals surface area contributed by atoms with E-state index in [4.69, 9.17) is 0 Å². The van der Waals surface area contributed by atoms with Gasteiger partial charge in [0.1, 0.15) is 0 Å². The Balaban J connectivity index is 1.60. The number of aryl methyl sites for hydroxylation is 1. The number of hydrogen-bond acceptors (Lipinski definition) is 4. The minimum Gasteiger partial charge on any atom is -0.309 e. The van der Waals surface area contributed by atoms with Gasteiger partial charge in [-0.3, -0.25) is 9.69 Å². The molecule has 6 nitrogen and oxygen atoms in total. The predicted octanol–water partition coefficient (Wildman–Crippen LogP) is 3.38. The monoisotopic (exact) mass is 363 g/mol. The molecule has 0 radical (unpaired) electrons. The molecule has 0 saturated carbocycles. The van der Waals surface area contributed by atoms with E-state index in [-0.39, 0.29) is 5.91 Å². The zero-order valence-corrected chi connectivity index (χ0v) is 15.9. The van der Waals surface area contributed by atoms with Gasteiger partial charge < -0.3 is 5.32 Å². The average molecular weight is 363 g/mol. The minimum atomic E-state index is -0.116. The maximum absolute atomic E-state index is 11.5. The maximum Gasteiger partial charge on any atom is 0.222 e. The average Bonchev–Trinajstić information content (AvgIpc) is 2.98. The van der Waals surface area contributed by atoms with Gasteiger partial charge in [-0.15, -0.1) is 5.10 Å². The van der Waals surface area contributed by atoms with E-state index in [1.165, 1.54) is 18.9 Å². The number of rotatable bonds is 4. The van der Waals surface area contributed by atoms with Crippen molar-refractivity contribution in [3.05, 3.63) is 59.4 Å². The van der Waals surface area contributed by atoms with Gasteiger partial charge in [-0.1, -0.05) is 30.3 Å². The van der Waals surface area contributed by atoms with Crippen molar-refractivity contribution >= 4 is 17.4 Å². The van der Waals surface area contributed by atoms with Gasteiger partial charge >= 0.3 is 0 Å². The number of amides is 1. The number of anilines is 1. The van der Waals surface area contributed by atoms with Crippen LogP contribution in [0.15, 0.2) is 42.6 Å². The molecule has 1 unspecified atom stereocenters. The van der Waals surface area contributed by atoms with Crippen LogP contribution in [0, 0.1) is 6.92 Å². The van der Waals surface area contributed by atoms with E-state index in [9.17, 15) is 4.79 Å². The molecular formula is C21H25N5O. The third kappa shape index (κ3) is 3.71. The number of fused-ring (bicyclic) bond motifs is 1. The largest absolute Gasteiger partial charge is 0.309 e. The number of nitrogens with zero attached hydrogens (tertiary/aromatic N) is 4. The van der Waals surface area contributed by atoms with Crippen LogP contribution in [0.25, 0.3) is 5.65 Å². The number of carbonyl (C=O) groups excluding carboxylic acids is 1. The first-order valence-electron chi connectivity index (χ1n) is 9.50. The first kappa shape index (κ1) is 17.7. The number of likely N-dealkylation sites (tertiary alicyclic amines) is 1. The number of piperidine rings is 1. The number of benzene rings is 1. The summed E-state index contributed by atoms with van der Waals surface area (Å²) in [6.45, 7) is 6.55. The van der Waals surface area contributed by atoms with E-state index in [0.29, 0.717) is 11.7 Å². The van der Waals surface area contributed by atoms with Crippen molar-refractivity contribution in [3.8, 4) is 0 Å². The molecule has 1 aliphatic heterocycles. The second-order valence-electron chi connectivity index (χ2n) is 7.32. The second-order valence-corrected chi connectivity index (χ2v) is 7.32. The van der Waals surface area contributed by atoms with Crippen LogP contribution in [0.2, 0.25) is 0 Å². The van der Waals surface area contributed by atoms with Crippen molar-refractivity contribution in [2.75, 3.05) is 18.4 Å². The molecule has 3 heterocycles. The Morgan fingerprint density at radius 1 is 1.26 bits per heavy atom. The Hall–Kier alpha value is -2.73. The van der Waals surface area contributed by atoms with Gasteiger partial charge in [-0.25, -0.2) is 9.50 Å². The fourth-order valence-corrected chi connectivity index (χ4v) is 3.95. The van der Waals surface area contributed by atoms with Crippen molar-refractivity contribution < 1.29 is 4.79 Å². The van der Waals surface area contributed by atoms with Crippen LogP contribution in [0.4, 0.5) is 5.82 Å². The first-order valence-corrected chi connectivity index (χ1v) is 9.50. The summed E-state index contributed by atoms with van der Waals surface area (Å²) in [5, 5.41) is 7.45. The van der Waals surface area contributed by atoms with Crippen LogP contribution in [-0.2, 0) is 11.3 Å². The SMILES string of the molecule is CC(=O)Nc1nn2c(C3CCCN(Cc4ccccc4)C3)ccnc2c1C. The Labute approximate surface area is 159 Å². The third-order valence-electron chi connectivity index (χ3n) is 5.25. The van der Waals surface area contributed by atoms with E-state index in [2.05, 4.69) is 56.7 Å². The first-order chi connectivity index (χ1) is 13.1. The molecule has 140 valence electrons. The van der Waals surface area contributed by atoms with Crippen molar-refractivity contribution in [2.45, 2.75) is 39.2 Å². The molecule has 0 bridgehead atoms. The highest BCUT2D eigenvalue weighted by Crippen LogP contribution is 2.29. The highest BCUT2D eigenvalue weighted by atomic mass is 16.1. The van der Waals surface area contributed by atoms with Gasteiger partial charge in [0, 0.05) is 37.7 Å². The second kappa shape index (κ2) is 7.48. The highest BCUT2D eigenvalue weighted by Gasteiger charge is 2.25. The quantitative estimate of drug-likeness (QED) is 0.772. The van der Waals surface area contributed by atoms with Crippen molar-refractivity contribution in [1.29, 1.82) is 0 Å². The van der Waals surface area contributed by atoms with Crippen LogP contribution in [0.5, 0.6) is 0 Å². The molecule has 2 aromatic heterocycles. The molecule has 0 aliphatic carbocycles. The van der Waals surface area contributed by atoms with Crippen LogP contribution in [0.1, 0.15) is 42.5 Å². The van der Waals surface area contributed by atoms with E-state index < -0.39 is 0 Å². The molecule has 1 aromatic carbocycles. The molecule has 27 heavy (non-hydrogen) atoms. The van der Waals surface area contributed by atoms with Crippen molar-refractivity contribution in [2.24, 2.45) is 0 Å². The normalized spacial score (nSPS) is 17.9. The Morgan fingerprint density at radius 3 is 2.85 bits per heavy atom. The van der Waals surface area contributed by atoms with Crippen LogP contribution in [-0.4, -0.2) is 38.5 Å². The molecule has 0 spiro atoms. The summed E-state index contributed by atoms with van der Waals surface area (Å²) in [4.78, 5) is 18.5. The van der Waals surface area contributed by atoms with Crippen LogP contribution < -0.4 is 5.32 Å². The van der Waals surface area contributed by atoms with Gasteiger partial charge in [0.05, 0.1) is 5.69 Å². The Kier molecular flexibility index (Phi) is 4.90. The molecule has 1 N–H and O–H groups in total. The van der Waals surface area contributed by atoms with E-state index >= 15 is 0 Å². The lowest BCUT2D eigenvalue weighted by Gasteiger charge is -2.33. The topological polar surface area (TPSA) is 62.5 Å². The summed E-state index contributed by atoms with van der Waals surface area (Å²) in [7, 11) is 0. The van der Waals surface area contributed by atoms with Crippen LogP contribution in [0.3, 0.4) is 0 Å².